The largest absolute Gasteiger partial charge is 0.329 e. The first-order valence-corrected chi connectivity index (χ1v) is 6.95. The summed E-state index contributed by atoms with van der Waals surface area (Å²) in [4.78, 5) is 17.2. The molecular weight excluding hydrogens is 224 g/mol. The van der Waals surface area contributed by atoms with E-state index in [2.05, 4.69) is 11.1 Å². The molecule has 96 valence electrons. The molecule has 1 aromatic heterocycles. The second kappa shape index (κ2) is 4.47. The van der Waals surface area contributed by atoms with Crippen molar-refractivity contribution in [1.82, 2.24) is 4.98 Å². The summed E-state index contributed by atoms with van der Waals surface area (Å²) in [7, 11) is 0. The van der Waals surface area contributed by atoms with Crippen molar-refractivity contribution in [3.8, 4) is 0 Å². The molecule has 2 aliphatic rings. The van der Waals surface area contributed by atoms with E-state index in [0.717, 1.165) is 44.2 Å². The maximum absolute atomic E-state index is 12.8. The summed E-state index contributed by atoms with van der Waals surface area (Å²) in [6, 6.07) is 4.07. The van der Waals surface area contributed by atoms with Gasteiger partial charge in [0.25, 0.3) is 0 Å². The lowest BCUT2D eigenvalue weighted by molar-refractivity contribution is -0.134. The van der Waals surface area contributed by atoms with E-state index < -0.39 is 0 Å². The van der Waals surface area contributed by atoms with Crippen LogP contribution in [-0.4, -0.2) is 17.3 Å². The third-order valence-corrected chi connectivity index (χ3v) is 4.74. The Morgan fingerprint density at radius 1 is 1.44 bits per heavy atom. The number of hydrogen-bond acceptors (Lipinski definition) is 3. The highest BCUT2D eigenvalue weighted by molar-refractivity contribution is 5.92. The Balaban J connectivity index is 1.92. The third kappa shape index (κ3) is 1.69. The number of nitrogens with two attached hydrogens (primary N) is 1. The van der Waals surface area contributed by atoms with Gasteiger partial charge in [0.2, 0.25) is 0 Å². The van der Waals surface area contributed by atoms with Crippen LogP contribution in [0.4, 0.5) is 0 Å². The minimum absolute atomic E-state index is 0.00111. The van der Waals surface area contributed by atoms with Crippen molar-refractivity contribution in [2.75, 3.05) is 6.54 Å². The monoisotopic (exact) mass is 244 g/mol. The van der Waals surface area contributed by atoms with Crippen LogP contribution in [0.3, 0.4) is 0 Å². The maximum atomic E-state index is 12.8. The molecule has 2 N–H and O–H groups in total. The minimum Gasteiger partial charge on any atom is -0.329 e. The van der Waals surface area contributed by atoms with Gasteiger partial charge in [-0.2, -0.15) is 0 Å². The Morgan fingerprint density at radius 2 is 2.28 bits per heavy atom. The van der Waals surface area contributed by atoms with Gasteiger partial charge in [-0.3, -0.25) is 9.78 Å². The van der Waals surface area contributed by atoms with Crippen molar-refractivity contribution in [1.29, 1.82) is 0 Å². The fourth-order valence-corrected chi connectivity index (χ4v) is 3.39. The van der Waals surface area contributed by atoms with Crippen LogP contribution in [0.5, 0.6) is 0 Å². The van der Waals surface area contributed by atoms with Gasteiger partial charge in [0.05, 0.1) is 11.6 Å². The van der Waals surface area contributed by atoms with Crippen molar-refractivity contribution in [2.45, 2.75) is 44.4 Å². The molecule has 0 spiro atoms. The Kier molecular flexibility index (Phi) is 2.94. The van der Waals surface area contributed by atoms with Crippen molar-refractivity contribution >= 4 is 5.78 Å². The highest BCUT2D eigenvalue weighted by atomic mass is 16.1. The number of nitrogens with zero attached hydrogens (tertiary/aromatic N) is 1. The zero-order valence-electron chi connectivity index (χ0n) is 10.7. The van der Waals surface area contributed by atoms with E-state index in [1.807, 2.05) is 6.07 Å². The van der Waals surface area contributed by atoms with Crippen LogP contribution in [0, 0.1) is 5.41 Å². The number of aryl methyl sites for hydroxylation is 1. The molecule has 18 heavy (non-hydrogen) atoms. The zero-order valence-corrected chi connectivity index (χ0v) is 10.7. The number of hydrogen-bond donors (Lipinski definition) is 1. The van der Waals surface area contributed by atoms with E-state index in [9.17, 15) is 4.79 Å². The highest BCUT2D eigenvalue weighted by Gasteiger charge is 2.46. The second-order valence-corrected chi connectivity index (χ2v) is 5.69. The van der Waals surface area contributed by atoms with Gasteiger partial charge in [0.15, 0.2) is 0 Å². The van der Waals surface area contributed by atoms with Crippen LogP contribution in [0.2, 0.25) is 0 Å². The van der Waals surface area contributed by atoms with Crippen LogP contribution in [-0.2, 0) is 11.2 Å². The molecule has 0 bridgehead atoms. The van der Waals surface area contributed by atoms with Crippen molar-refractivity contribution in [3.63, 3.8) is 0 Å². The molecule has 0 amide bonds. The summed E-state index contributed by atoms with van der Waals surface area (Å²) in [5.41, 5.74) is 7.91. The average molecular weight is 244 g/mol. The molecule has 3 rings (SSSR count). The summed E-state index contributed by atoms with van der Waals surface area (Å²) in [6.07, 6.45) is 8.00. The molecule has 0 aromatic carbocycles. The van der Waals surface area contributed by atoms with Crippen LogP contribution in [0.15, 0.2) is 18.3 Å². The second-order valence-electron chi connectivity index (χ2n) is 5.69. The first-order valence-electron chi connectivity index (χ1n) is 6.95. The van der Waals surface area contributed by atoms with E-state index in [0.29, 0.717) is 12.3 Å². The molecule has 1 atom stereocenters. The predicted octanol–water partition coefficient (Wildman–Crippen LogP) is 2.20. The number of ketones is 1. The lowest BCUT2D eigenvalue weighted by atomic mass is 9.61. The van der Waals surface area contributed by atoms with Gasteiger partial charge < -0.3 is 5.73 Å². The molecule has 1 fully saturated rings. The minimum atomic E-state index is -0.225. The molecule has 2 aliphatic carbocycles. The Bertz CT molecular complexity index is 460. The lowest BCUT2D eigenvalue weighted by Gasteiger charge is -2.42. The third-order valence-electron chi connectivity index (χ3n) is 4.74. The number of fused-ring (bicyclic) bond motifs is 1. The van der Waals surface area contributed by atoms with E-state index in [-0.39, 0.29) is 11.3 Å². The lowest BCUT2D eigenvalue weighted by Crippen LogP contribution is -2.47. The van der Waals surface area contributed by atoms with Crippen LogP contribution >= 0.6 is 0 Å². The Morgan fingerprint density at radius 3 is 2.94 bits per heavy atom. The van der Waals surface area contributed by atoms with Crippen LogP contribution in [0.25, 0.3) is 0 Å². The summed E-state index contributed by atoms with van der Waals surface area (Å²) < 4.78 is 0. The summed E-state index contributed by atoms with van der Waals surface area (Å²) in [5, 5.41) is 0. The maximum Gasteiger partial charge on any atom is 0.149 e. The fourth-order valence-electron chi connectivity index (χ4n) is 3.39. The van der Waals surface area contributed by atoms with Gasteiger partial charge in [-0.05, 0) is 43.7 Å². The molecule has 1 heterocycles. The van der Waals surface area contributed by atoms with Gasteiger partial charge in [-0.1, -0.05) is 12.5 Å². The first kappa shape index (κ1) is 11.8. The van der Waals surface area contributed by atoms with Gasteiger partial charge in [0.1, 0.15) is 5.78 Å². The highest BCUT2D eigenvalue weighted by Crippen LogP contribution is 2.46. The molecule has 0 saturated heterocycles. The SMILES string of the molecule is NCC1(C(=O)C2CCCc3cccnc32)CCC1. The summed E-state index contributed by atoms with van der Waals surface area (Å²) in [5.74, 6) is 0.356. The zero-order chi connectivity index (χ0) is 12.6. The van der Waals surface area contributed by atoms with Crippen molar-refractivity contribution in [2.24, 2.45) is 11.1 Å². The molecule has 1 aromatic rings. The van der Waals surface area contributed by atoms with Gasteiger partial charge in [-0.15, -0.1) is 0 Å². The van der Waals surface area contributed by atoms with E-state index in [1.165, 1.54) is 5.56 Å². The molecule has 0 aliphatic heterocycles. The molecule has 3 nitrogen and oxygen atoms in total. The number of pyridine rings is 1. The van der Waals surface area contributed by atoms with Gasteiger partial charge in [0, 0.05) is 18.2 Å². The van der Waals surface area contributed by atoms with E-state index >= 15 is 0 Å². The van der Waals surface area contributed by atoms with E-state index in [4.69, 9.17) is 5.73 Å². The number of Topliss-reactive ketones (excluding diaryl/α,β-unsaturated/α-hetero) is 1. The van der Waals surface area contributed by atoms with Crippen LogP contribution < -0.4 is 5.73 Å². The first-order chi connectivity index (χ1) is 8.77. The quantitative estimate of drug-likeness (QED) is 0.886. The van der Waals surface area contributed by atoms with Crippen LogP contribution in [0.1, 0.15) is 49.3 Å². The van der Waals surface area contributed by atoms with E-state index in [1.54, 1.807) is 6.20 Å². The standard InChI is InChI=1S/C15H20N2O/c16-10-15(7-3-8-15)14(18)12-6-1-4-11-5-2-9-17-13(11)12/h2,5,9,12H,1,3-4,6-8,10,16H2. The normalized spacial score (nSPS) is 25.1. The molecular formula is C15H20N2O. The fraction of sp³-hybridized carbons (Fsp3) is 0.600. The predicted molar refractivity (Wildman–Crippen MR) is 70.3 cm³/mol. The topological polar surface area (TPSA) is 56.0 Å². The average Bonchev–Trinajstić information content (AvgIpc) is 2.37. The number of carbonyl (C=O) groups excluding carboxylic acids is 1. The molecule has 1 saturated carbocycles. The number of carbonyl (C=O) groups is 1. The number of aromatic nitrogens is 1. The Labute approximate surface area is 108 Å². The Hall–Kier alpha value is -1.22. The summed E-state index contributed by atoms with van der Waals surface area (Å²) in [6.45, 7) is 0.504. The number of rotatable bonds is 3. The molecule has 0 radical (unpaired) electrons. The summed E-state index contributed by atoms with van der Waals surface area (Å²) >= 11 is 0. The smallest absolute Gasteiger partial charge is 0.149 e. The van der Waals surface area contributed by atoms with Crippen molar-refractivity contribution < 1.29 is 4.79 Å². The van der Waals surface area contributed by atoms with Crippen molar-refractivity contribution in [3.05, 3.63) is 29.6 Å². The molecule has 3 heteroatoms. The van der Waals surface area contributed by atoms with Gasteiger partial charge >= 0.3 is 0 Å². The molecule has 1 unspecified atom stereocenters. The van der Waals surface area contributed by atoms with Gasteiger partial charge in [-0.25, -0.2) is 0 Å².